The Hall–Kier alpha value is -2.07. The topological polar surface area (TPSA) is 94.1 Å². The largest absolute Gasteiger partial charge is 0.323 e. The number of amides is 2. The molecule has 2 aromatic rings. The van der Waals surface area contributed by atoms with Crippen LogP contribution in [-0.4, -0.2) is 84.8 Å². The van der Waals surface area contributed by atoms with E-state index in [2.05, 4.69) is 34.5 Å². The van der Waals surface area contributed by atoms with E-state index in [9.17, 15) is 4.79 Å². The van der Waals surface area contributed by atoms with Crippen LogP contribution in [0.25, 0.3) is 0 Å². The summed E-state index contributed by atoms with van der Waals surface area (Å²) in [4.78, 5) is 25.8. The molecule has 3 aliphatic carbocycles. The van der Waals surface area contributed by atoms with Crippen molar-refractivity contribution in [2.45, 2.75) is 69.2 Å². The summed E-state index contributed by atoms with van der Waals surface area (Å²) in [6.45, 7) is 6.87. The highest BCUT2D eigenvalue weighted by Gasteiger charge is 2.58. The molecule has 0 bridgehead atoms. The molecule has 0 atom stereocenters. The Bertz CT molecular complexity index is 1110. The van der Waals surface area contributed by atoms with E-state index in [1.54, 1.807) is 11.5 Å². The number of nitrogens with one attached hydrogen (secondary N) is 1. The maximum atomic E-state index is 13.0. The molecule has 10 heteroatoms. The average Bonchev–Trinajstić information content (AvgIpc) is 3.23. The average molecular weight is 481 g/mol. The van der Waals surface area contributed by atoms with E-state index in [0.29, 0.717) is 28.6 Å². The maximum absolute atomic E-state index is 13.0. The minimum absolute atomic E-state index is 0.256. The smallest absolute Gasteiger partial charge is 0.320 e. The van der Waals surface area contributed by atoms with Gasteiger partial charge in [-0.3, -0.25) is 10.00 Å². The molecule has 34 heavy (non-hydrogen) atoms. The zero-order valence-electron chi connectivity index (χ0n) is 19.6. The molecule has 0 radical (unpaired) electrons. The summed E-state index contributed by atoms with van der Waals surface area (Å²) in [5, 5.41) is 12.0. The van der Waals surface area contributed by atoms with Crippen molar-refractivity contribution in [1.29, 1.82) is 0 Å². The standard InChI is InChI=1S/C24H32N8OS/c33-22(31-11-23(12-31)6-17(7-23)21-25-20(27-28-21)16-4-5-16)32-13-24(14-32)9-30(10-24)8-18-19(26-29-34-18)15-2-1-3-15/h15-17H,1-14H2,(H,25,27,28). The van der Waals surface area contributed by atoms with Gasteiger partial charge in [-0.25, -0.2) is 9.78 Å². The molecule has 5 heterocycles. The molecule has 6 aliphatic rings. The number of rotatable bonds is 5. The predicted molar refractivity (Wildman–Crippen MR) is 126 cm³/mol. The number of urea groups is 1. The third-order valence-electron chi connectivity index (χ3n) is 9.42. The summed E-state index contributed by atoms with van der Waals surface area (Å²) in [6, 6.07) is 0.256. The molecule has 2 spiro atoms. The summed E-state index contributed by atoms with van der Waals surface area (Å²) in [6.07, 6.45) is 8.65. The van der Waals surface area contributed by atoms with E-state index >= 15 is 0 Å². The molecule has 3 aliphatic heterocycles. The first kappa shape index (κ1) is 20.2. The summed E-state index contributed by atoms with van der Waals surface area (Å²) in [5.41, 5.74) is 1.93. The highest BCUT2D eigenvalue weighted by molar-refractivity contribution is 7.05. The Labute approximate surface area is 203 Å². The number of hydrogen-bond acceptors (Lipinski definition) is 7. The highest BCUT2D eigenvalue weighted by Crippen LogP contribution is 2.56. The van der Waals surface area contributed by atoms with Gasteiger partial charge in [0.15, 0.2) is 5.82 Å². The Morgan fingerprint density at radius 3 is 2.35 bits per heavy atom. The van der Waals surface area contributed by atoms with Crippen molar-refractivity contribution in [3.8, 4) is 0 Å². The van der Waals surface area contributed by atoms with Gasteiger partial charge in [-0.05, 0) is 50.1 Å². The summed E-state index contributed by atoms with van der Waals surface area (Å²) < 4.78 is 4.23. The van der Waals surface area contributed by atoms with E-state index in [1.807, 2.05) is 0 Å². The number of hydrogen-bond donors (Lipinski definition) is 1. The fraction of sp³-hybridized carbons (Fsp3) is 0.792. The Balaban J connectivity index is 0.789. The summed E-state index contributed by atoms with van der Waals surface area (Å²) in [5.74, 6) is 3.86. The zero-order valence-corrected chi connectivity index (χ0v) is 20.4. The minimum atomic E-state index is 0.256. The third kappa shape index (κ3) is 3.10. The normalized spacial score (nSPS) is 27.8. The van der Waals surface area contributed by atoms with Gasteiger partial charge in [-0.2, -0.15) is 5.10 Å². The highest BCUT2D eigenvalue weighted by atomic mass is 32.1. The van der Waals surface area contributed by atoms with Gasteiger partial charge in [-0.1, -0.05) is 10.9 Å². The first-order valence-corrected chi connectivity index (χ1v) is 13.8. The first-order chi connectivity index (χ1) is 16.6. The van der Waals surface area contributed by atoms with Crippen LogP contribution in [0.15, 0.2) is 0 Å². The van der Waals surface area contributed by atoms with Gasteiger partial charge >= 0.3 is 6.03 Å². The van der Waals surface area contributed by atoms with Crippen LogP contribution in [0.1, 0.15) is 84.9 Å². The van der Waals surface area contributed by atoms with Gasteiger partial charge < -0.3 is 9.80 Å². The molecular weight excluding hydrogens is 448 g/mol. The summed E-state index contributed by atoms with van der Waals surface area (Å²) >= 11 is 1.58. The lowest BCUT2D eigenvalue weighted by Crippen LogP contribution is -2.75. The first-order valence-electron chi connectivity index (χ1n) is 13.1. The SMILES string of the molecule is O=C(N1CC2(CC(c3n[nH]c(C4CC4)n3)C2)C1)N1CC2(CN(Cc3snnc3C3CCC3)C2)C1. The lowest BCUT2D eigenvalue weighted by atomic mass is 9.57. The Kier molecular flexibility index (Phi) is 4.15. The van der Waals surface area contributed by atoms with Crippen LogP contribution in [0, 0.1) is 10.8 Å². The number of aromatic amines is 1. The molecule has 1 N–H and O–H groups in total. The van der Waals surface area contributed by atoms with Crippen LogP contribution in [0.5, 0.6) is 0 Å². The van der Waals surface area contributed by atoms with Crippen LogP contribution < -0.4 is 0 Å². The molecule has 9 nitrogen and oxygen atoms in total. The van der Waals surface area contributed by atoms with Gasteiger partial charge in [0, 0.05) is 74.4 Å². The fourth-order valence-corrected chi connectivity index (χ4v) is 7.94. The summed E-state index contributed by atoms with van der Waals surface area (Å²) in [7, 11) is 0. The van der Waals surface area contributed by atoms with Crippen molar-refractivity contribution < 1.29 is 4.79 Å². The molecule has 2 aromatic heterocycles. The fourth-order valence-electron chi connectivity index (χ4n) is 7.17. The molecule has 6 fully saturated rings. The van der Waals surface area contributed by atoms with E-state index < -0.39 is 0 Å². The second kappa shape index (κ2) is 7.00. The van der Waals surface area contributed by atoms with Gasteiger partial charge in [-0.15, -0.1) is 5.10 Å². The number of likely N-dealkylation sites (tertiary alicyclic amines) is 3. The quantitative estimate of drug-likeness (QED) is 0.707. The Morgan fingerprint density at radius 1 is 0.941 bits per heavy atom. The molecule has 180 valence electrons. The second-order valence-electron chi connectivity index (χ2n) is 12.3. The van der Waals surface area contributed by atoms with Gasteiger partial charge in [0.05, 0.1) is 10.6 Å². The van der Waals surface area contributed by atoms with Crippen LogP contribution in [0.4, 0.5) is 4.79 Å². The number of aromatic nitrogens is 5. The van der Waals surface area contributed by atoms with E-state index in [4.69, 9.17) is 4.98 Å². The van der Waals surface area contributed by atoms with Crippen LogP contribution >= 0.6 is 11.5 Å². The molecule has 0 aromatic carbocycles. The minimum Gasteiger partial charge on any atom is -0.323 e. The number of carbonyl (C=O) groups excluding carboxylic acids is 1. The van der Waals surface area contributed by atoms with Crippen molar-refractivity contribution in [1.82, 2.24) is 39.5 Å². The molecule has 8 rings (SSSR count). The van der Waals surface area contributed by atoms with Crippen molar-refractivity contribution in [2.24, 2.45) is 10.8 Å². The van der Waals surface area contributed by atoms with Gasteiger partial charge in [0.1, 0.15) is 5.82 Å². The van der Waals surface area contributed by atoms with Crippen molar-refractivity contribution in [3.63, 3.8) is 0 Å². The molecular formula is C24H32N8OS. The van der Waals surface area contributed by atoms with Gasteiger partial charge in [0.2, 0.25) is 0 Å². The van der Waals surface area contributed by atoms with E-state index in [1.165, 1.54) is 42.7 Å². The third-order valence-corrected chi connectivity index (χ3v) is 10.1. The van der Waals surface area contributed by atoms with E-state index in [0.717, 1.165) is 70.3 Å². The molecule has 3 saturated carbocycles. The lowest BCUT2D eigenvalue weighted by molar-refractivity contribution is -0.116. The predicted octanol–water partition coefficient (Wildman–Crippen LogP) is 2.92. The zero-order chi connectivity index (χ0) is 22.5. The molecule has 3 saturated heterocycles. The molecule has 0 unspecified atom stereocenters. The monoisotopic (exact) mass is 480 g/mol. The van der Waals surface area contributed by atoms with Gasteiger partial charge in [0.25, 0.3) is 0 Å². The lowest BCUT2D eigenvalue weighted by Gasteiger charge is -2.63. The van der Waals surface area contributed by atoms with Crippen molar-refractivity contribution >= 4 is 17.6 Å². The van der Waals surface area contributed by atoms with Crippen molar-refractivity contribution in [2.75, 3.05) is 39.3 Å². The number of carbonyl (C=O) groups is 1. The van der Waals surface area contributed by atoms with Crippen LogP contribution in [-0.2, 0) is 6.54 Å². The van der Waals surface area contributed by atoms with Crippen LogP contribution in [0.2, 0.25) is 0 Å². The van der Waals surface area contributed by atoms with E-state index in [-0.39, 0.29) is 6.03 Å². The van der Waals surface area contributed by atoms with Crippen molar-refractivity contribution in [3.05, 3.63) is 22.2 Å². The second-order valence-corrected chi connectivity index (χ2v) is 13.1. The number of nitrogens with zero attached hydrogens (tertiary/aromatic N) is 7. The number of H-pyrrole nitrogens is 1. The molecule has 2 amide bonds. The van der Waals surface area contributed by atoms with Crippen LogP contribution in [0.3, 0.4) is 0 Å². The maximum Gasteiger partial charge on any atom is 0.320 e. The Morgan fingerprint density at radius 2 is 1.68 bits per heavy atom.